The maximum Gasteiger partial charge on any atom is 0.253 e. The highest BCUT2D eigenvalue weighted by atomic mass is 16.5. The van der Waals surface area contributed by atoms with Gasteiger partial charge in [0.05, 0.1) is 6.61 Å². The van der Waals surface area contributed by atoms with Gasteiger partial charge in [0.2, 0.25) is 5.91 Å². The summed E-state index contributed by atoms with van der Waals surface area (Å²) in [6.45, 7) is 14.2. The van der Waals surface area contributed by atoms with E-state index in [1.54, 1.807) is 24.3 Å². The molecular formula is C28H40N2O3. The Morgan fingerprint density at radius 3 is 2.21 bits per heavy atom. The van der Waals surface area contributed by atoms with Crippen LogP contribution in [0.3, 0.4) is 0 Å². The number of carbonyl (C=O) groups excluding carboxylic acids is 2. The summed E-state index contributed by atoms with van der Waals surface area (Å²) in [5.41, 5.74) is 3.11. The minimum atomic E-state index is -0.529. The first-order valence-electron chi connectivity index (χ1n) is 12.1. The number of nitrogens with zero attached hydrogens (tertiary/aromatic N) is 1. The molecule has 180 valence electrons. The molecule has 2 aromatic carbocycles. The number of anilines is 1. The third-order valence-electron chi connectivity index (χ3n) is 5.83. The van der Waals surface area contributed by atoms with Crippen LogP contribution < -0.4 is 10.1 Å². The van der Waals surface area contributed by atoms with Gasteiger partial charge in [-0.25, -0.2) is 0 Å². The number of carbonyl (C=O) groups is 2. The number of hydrogen-bond acceptors (Lipinski definition) is 3. The van der Waals surface area contributed by atoms with Crippen molar-refractivity contribution in [3.8, 4) is 5.75 Å². The highest BCUT2D eigenvalue weighted by molar-refractivity contribution is 5.97. The number of benzene rings is 2. The van der Waals surface area contributed by atoms with Gasteiger partial charge in [0.15, 0.2) is 0 Å². The highest BCUT2D eigenvalue weighted by Gasteiger charge is 2.27. The maximum atomic E-state index is 12.9. The maximum absolute atomic E-state index is 12.9. The number of ether oxygens (including phenoxy) is 1. The summed E-state index contributed by atoms with van der Waals surface area (Å²) < 4.78 is 5.93. The molecule has 5 nitrogen and oxygen atoms in total. The minimum Gasteiger partial charge on any atom is -0.493 e. The average molecular weight is 453 g/mol. The van der Waals surface area contributed by atoms with Gasteiger partial charge in [-0.15, -0.1) is 0 Å². The largest absolute Gasteiger partial charge is 0.493 e. The van der Waals surface area contributed by atoms with E-state index in [1.165, 1.54) is 5.56 Å². The van der Waals surface area contributed by atoms with Crippen LogP contribution in [0.2, 0.25) is 0 Å². The van der Waals surface area contributed by atoms with Crippen LogP contribution in [-0.4, -0.2) is 36.4 Å². The van der Waals surface area contributed by atoms with Gasteiger partial charge in [0.25, 0.3) is 5.91 Å². The van der Waals surface area contributed by atoms with Crippen molar-refractivity contribution in [3.05, 3.63) is 59.2 Å². The molecule has 0 radical (unpaired) electrons. The van der Waals surface area contributed by atoms with Crippen LogP contribution in [0.15, 0.2) is 42.5 Å². The van der Waals surface area contributed by atoms with E-state index >= 15 is 0 Å². The highest BCUT2D eigenvalue weighted by Crippen LogP contribution is 2.26. The molecule has 0 fully saturated rings. The molecule has 0 aromatic heterocycles. The van der Waals surface area contributed by atoms with Crippen LogP contribution in [0.25, 0.3) is 0 Å². The van der Waals surface area contributed by atoms with Crippen molar-refractivity contribution in [3.63, 3.8) is 0 Å². The molecule has 0 spiro atoms. The first-order valence-corrected chi connectivity index (χ1v) is 12.1. The van der Waals surface area contributed by atoms with E-state index in [0.29, 0.717) is 24.3 Å². The predicted molar refractivity (Wildman–Crippen MR) is 136 cm³/mol. The Morgan fingerprint density at radius 1 is 0.970 bits per heavy atom. The summed E-state index contributed by atoms with van der Waals surface area (Å²) in [6, 6.07) is 13.4. The minimum absolute atomic E-state index is 0.0353. The van der Waals surface area contributed by atoms with Gasteiger partial charge in [-0.2, -0.15) is 0 Å². The van der Waals surface area contributed by atoms with Crippen molar-refractivity contribution >= 4 is 17.5 Å². The second-order valence-corrected chi connectivity index (χ2v) is 9.43. The van der Waals surface area contributed by atoms with Crippen LogP contribution in [-0.2, 0) is 4.79 Å². The van der Waals surface area contributed by atoms with Gasteiger partial charge in [-0.1, -0.05) is 39.8 Å². The van der Waals surface area contributed by atoms with Gasteiger partial charge < -0.3 is 15.0 Å². The van der Waals surface area contributed by atoms with E-state index in [4.69, 9.17) is 4.74 Å². The molecule has 0 saturated heterocycles. The van der Waals surface area contributed by atoms with Crippen LogP contribution >= 0.6 is 0 Å². The Bertz CT molecular complexity index is 913. The normalized spacial score (nSPS) is 11.2. The Morgan fingerprint density at radius 2 is 1.61 bits per heavy atom. The first kappa shape index (κ1) is 26.4. The van der Waals surface area contributed by atoms with Crippen molar-refractivity contribution in [1.82, 2.24) is 4.90 Å². The molecular weight excluding hydrogens is 412 g/mol. The fraction of sp³-hybridized carbons (Fsp3) is 0.500. The molecule has 0 aliphatic carbocycles. The Hall–Kier alpha value is -2.82. The fourth-order valence-corrected chi connectivity index (χ4v) is 3.71. The molecule has 0 unspecified atom stereocenters. The lowest BCUT2D eigenvalue weighted by molar-refractivity contribution is -0.124. The molecule has 1 N–H and O–H groups in total. The fourth-order valence-electron chi connectivity index (χ4n) is 3.71. The molecule has 0 aliphatic rings. The van der Waals surface area contributed by atoms with Crippen molar-refractivity contribution in [2.75, 3.05) is 25.0 Å². The van der Waals surface area contributed by atoms with Crippen molar-refractivity contribution in [2.24, 2.45) is 5.41 Å². The smallest absolute Gasteiger partial charge is 0.253 e. The number of amides is 2. The average Bonchev–Trinajstić information content (AvgIpc) is 2.78. The standard InChI is InChI=1S/C28H40N2O3/c1-7-17-30(18-8-2)26(31)23-12-14-24(15-13-23)29-27(32)28(5,6)16-9-19-33-25-20-21(3)10-11-22(25)4/h10-15,20H,7-9,16-19H2,1-6H3,(H,29,32). The molecule has 0 aliphatic heterocycles. The molecule has 0 saturated carbocycles. The number of rotatable bonds is 12. The summed E-state index contributed by atoms with van der Waals surface area (Å²) in [5.74, 6) is 0.913. The van der Waals surface area contributed by atoms with Gasteiger partial charge in [0.1, 0.15) is 5.75 Å². The first-order chi connectivity index (χ1) is 15.7. The van der Waals surface area contributed by atoms with Gasteiger partial charge in [0, 0.05) is 29.8 Å². The number of nitrogens with one attached hydrogen (secondary N) is 1. The summed E-state index contributed by atoms with van der Waals surface area (Å²) in [7, 11) is 0. The Labute approximate surface area is 199 Å². The zero-order valence-electron chi connectivity index (χ0n) is 21.2. The van der Waals surface area contributed by atoms with E-state index in [-0.39, 0.29) is 11.8 Å². The van der Waals surface area contributed by atoms with Crippen LogP contribution in [0.1, 0.15) is 74.9 Å². The van der Waals surface area contributed by atoms with Crippen molar-refractivity contribution < 1.29 is 14.3 Å². The molecule has 2 rings (SSSR count). The van der Waals surface area contributed by atoms with Crippen LogP contribution in [0.5, 0.6) is 5.75 Å². The Kier molecular flexibility index (Phi) is 9.95. The van der Waals surface area contributed by atoms with Crippen molar-refractivity contribution in [1.29, 1.82) is 0 Å². The topological polar surface area (TPSA) is 58.6 Å². The third kappa shape index (κ3) is 7.92. The summed E-state index contributed by atoms with van der Waals surface area (Å²) in [5, 5.41) is 3.00. The molecule has 0 bridgehead atoms. The molecule has 0 atom stereocenters. The predicted octanol–water partition coefficient (Wildman–Crippen LogP) is 6.39. The zero-order valence-corrected chi connectivity index (χ0v) is 21.2. The van der Waals surface area contributed by atoms with Gasteiger partial charge in [-0.3, -0.25) is 9.59 Å². The summed E-state index contributed by atoms with van der Waals surface area (Å²) in [4.78, 5) is 27.5. The molecule has 0 heterocycles. The second-order valence-electron chi connectivity index (χ2n) is 9.43. The van der Waals surface area contributed by atoms with E-state index in [2.05, 4.69) is 38.2 Å². The van der Waals surface area contributed by atoms with Crippen LogP contribution in [0.4, 0.5) is 5.69 Å². The van der Waals surface area contributed by atoms with Gasteiger partial charge in [-0.05, 0) is 81.0 Å². The van der Waals surface area contributed by atoms with E-state index < -0.39 is 5.41 Å². The lowest BCUT2D eigenvalue weighted by Gasteiger charge is -2.24. The quantitative estimate of drug-likeness (QED) is 0.380. The third-order valence-corrected chi connectivity index (χ3v) is 5.83. The second kappa shape index (κ2) is 12.4. The van der Waals surface area contributed by atoms with E-state index in [1.807, 2.05) is 31.7 Å². The zero-order chi connectivity index (χ0) is 24.4. The number of hydrogen-bond donors (Lipinski definition) is 1. The summed E-state index contributed by atoms with van der Waals surface area (Å²) >= 11 is 0. The molecule has 2 amide bonds. The SMILES string of the molecule is CCCN(CCC)C(=O)c1ccc(NC(=O)C(C)(C)CCCOc2cc(C)ccc2C)cc1. The molecule has 33 heavy (non-hydrogen) atoms. The monoisotopic (exact) mass is 452 g/mol. The lowest BCUT2D eigenvalue weighted by Crippen LogP contribution is -2.32. The van der Waals surface area contributed by atoms with Gasteiger partial charge >= 0.3 is 0 Å². The lowest BCUT2D eigenvalue weighted by atomic mass is 9.87. The van der Waals surface area contributed by atoms with E-state index in [0.717, 1.165) is 43.7 Å². The van der Waals surface area contributed by atoms with E-state index in [9.17, 15) is 9.59 Å². The Balaban J connectivity index is 1.88. The molecule has 2 aromatic rings. The molecule has 5 heteroatoms. The summed E-state index contributed by atoms with van der Waals surface area (Å²) in [6.07, 6.45) is 3.37. The van der Waals surface area contributed by atoms with Crippen LogP contribution in [0, 0.1) is 19.3 Å². The number of aryl methyl sites for hydroxylation is 2. The van der Waals surface area contributed by atoms with Crippen molar-refractivity contribution in [2.45, 2.75) is 67.2 Å².